The molecule has 210 valence electrons. The van der Waals surface area contributed by atoms with E-state index in [1.54, 1.807) is 6.07 Å². The summed E-state index contributed by atoms with van der Waals surface area (Å²) in [6.07, 6.45) is 9.64. The number of aromatic hydroxyl groups is 1. The largest absolute Gasteiger partial charge is 0.507 e. The fraction of sp³-hybridized carbons (Fsp3) is 0.613. The van der Waals surface area contributed by atoms with Crippen LogP contribution in [0.2, 0.25) is 0 Å². The zero-order chi connectivity index (χ0) is 26.7. The molecule has 2 aromatic rings. The molecule has 1 aromatic carbocycles. The fourth-order valence-corrected chi connectivity index (χ4v) is 8.44. The number of nitrogens with one attached hydrogen (secondary N) is 2. The number of phenolic OH excluding ortho intramolecular Hbond substituents is 1. The Labute approximate surface area is 232 Å². The van der Waals surface area contributed by atoms with E-state index in [9.17, 15) is 5.11 Å². The maximum atomic E-state index is 10.3. The molecule has 39 heavy (non-hydrogen) atoms. The van der Waals surface area contributed by atoms with E-state index in [-0.39, 0.29) is 11.8 Å². The number of benzene rings is 1. The summed E-state index contributed by atoms with van der Waals surface area (Å²) in [4.78, 5) is 11.7. The van der Waals surface area contributed by atoms with Crippen molar-refractivity contribution in [3.8, 4) is 5.75 Å². The SMILES string of the molecule is CC1c2c([nH]c(N)c2/C=C(\N)c2ccccc2O)CCN1C1CCN(C2CCN(C3CC4(CNC4)C3)CC2)C1. The standard InChI is InChI=1S/C31H45N7O/c1-20-29-25(14-26(32)24-4-2-3-5-28(24)39)30(33)35-27(29)9-13-38(20)22-8-12-37(17-22)21-6-10-36(11-7-21)23-15-31(16-23)18-34-19-31/h2-5,14,20-23,34-35,39H,6-13,15-19,32-33H2,1H3/b26-14-. The summed E-state index contributed by atoms with van der Waals surface area (Å²) in [5, 5.41) is 13.8. The van der Waals surface area contributed by atoms with Gasteiger partial charge in [-0.15, -0.1) is 0 Å². The Kier molecular flexibility index (Phi) is 6.42. The third kappa shape index (κ3) is 4.46. The first-order chi connectivity index (χ1) is 18.9. The van der Waals surface area contributed by atoms with Gasteiger partial charge in [0.15, 0.2) is 0 Å². The van der Waals surface area contributed by atoms with Crippen molar-refractivity contribution < 1.29 is 5.11 Å². The number of phenols is 1. The molecular formula is C31H45N7O. The van der Waals surface area contributed by atoms with E-state index in [0.29, 0.717) is 28.5 Å². The normalized spacial score (nSPS) is 28.9. The lowest BCUT2D eigenvalue weighted by atomic mass is 9.61. The minimum atomic E-state index is 0.188. The number of anilines is 1. The zero-order valence-electron chi connectivity index (χ0n) is 23.3. The molecule has 0 bridgehead atoms. The van der Waals surface area contributed by atoms with Crippen LogP contribution in [0.25, 0.3) is 11.8 Å². The Morgan fingerprint density at radius 1 is 1.00 bits per heavy atom. The van der Waals surface area contributed by atoms with Crippen LogP contribution in [0.1, 0.15) is 67.5 Å². The van der Waals surface area contributed by atoms with Gasteiger partial charge in [-0.05, 0) is 81.3 Å². The lowest BCUT2D eigenvalue weighted by Gasteiger charge is -2.58. The molecule has 4 aliphatic heterocycles. The summed E-state index contributed by atoms with van der Waals surface area (Å²) in [7, 11) is 0. The molecule has 8 nitrogen and oxygen atoms in total. The van der Waals surface area contributed by atoms with Crippen LogP contribution in [0.3, 0.4) is 0 Å². The number of para-hydroxylation sites is 1. The number of hydrogen-bond donors (Lipinski definition) is 5. The molecule has 5 aliphatic rings. The average Bonchev–Trinajstić information content (AvgIpc) is 3.48. The molecule has 0 radical (unpaired) electrons. The van der Waals surface area contributed by atoms with Gasteiger partial charge in [-0.3, -0.25) is 9.80 Å². The van der Waals surface area contributed by atoms with Gasteiger partial charge >= 0.3 is 0 Å². The first-order valence-corrected chi connectivity index (χ1v) is 15.1. The number of nitrogens with zero attached hydrogens (tertiary/aromatic N) is 3. The number of hydrogen-bond acceptors (Lipinski definition) is 7. The van der Waals surface area contributed by atoms with E-state index in [1.807, 2.05) is 24.3 Å². The molecule has 1 spiro atoms. The van der Waals surface area contributed by atoms with Gasteiger partial charge in [0, 0.05) is 85.8 Å². The van der Waals surface area contributed by atoms with E-state index in [4.69, 9.17) is 11.5 Å². The highest BCUT2D eigenvalue weighted by Crippen LogP contribution is 2.47. The highest BCUT2D eigenvalue weighted by atomic mass is 16.3. The Morgan fingerprint density at radius 2 is 1.72 bits per heavy atom. The number of aromatic nitrogens is 1. The number of rotatable bonds is 5. The molecule has 2 unspecified atom stereocenters. The molecule has 5 heterocycles. The molecule has 1 aliphatic carbocycles. The summed E-state index contributed by atoms with van der Waals surface area (Å²) in [6.45, 7) is 10.8. The minimum absolute atomic E-state index is 0.188. The fourth-order valence-electron chi connectivity index (χ4n) is 8.44. The Morgan fingerprint density at radius 3 is 2.44 bits per heavy atom. The van der Waals surface area contributed by atoms with E-state index in [1.165, 1.54) is 82.6 Å². The molecule has 1 aromatic heterocycles. The molecular weight excluding hydrogens is 486 g/mol. The van der Waals surface area contributed by atoms with Crippen LogP contribution in [0.15, 0.2) is 24.3 Å². The van der Waals surface area contributed by atoms with Crippen LogP contribution in [-0.2, 0) is 6.42 Å². The molecule has 2 atom stereocenters. The third-order valence-corrected chi connectivity index (χ3v) is 10.8. The number of nitrogens with two attached hydrogens (primary N) is 2. The van der Waals surface area contributed by atoms with E-state index >= 15 is 0 Å². The van der Waals surface area contributed by atoms with Crippen LogP contribution < -0.4 is 16.8 Å². The Bertz CT molecular complexity index is 1230. The summed E-state index contributed by atoms with van der Waals surface area (Å²) < 4.78 is 0. The first kappa shape index (κ1) is 25.4. The van der Waals surface area contributed by atoms with Crippen molar-refractivity contribution in [3.05, 3.63) is 46.6 Å². The van der Waals surface area contributed by atoms with E-state index < -0.39 is 0 Å². The minimum Gasteiger partial charge on any atom is -0.507 e. The first-order valence-electron chi connectivity index (χ1n) is 15.1. The second kappa shape index (κ2) is 9.84. The van der Waals surface area contributed by atoms with E-state index in [0.717, 1.165) is 30.6 Å². The number of H-pyrrole nitrogens is 1. The Balaban J connectivity index is 0.998. The van der Waals surface area contributed by atoms with Crippen LogP contribution in [0, 0.1) is 5.41 Å². The average molecular weight is 532 g/mol. The second-order valence-electron chi connectivity index (χ2n) is 13.0. The van der Waals surface area contributed by atoms with Crippen molar-refractivity contribution in [3.63, 3.8) is 0 Å². The third-order valence-electron chi connectivity index (χ3n) is 10.8. The summed E-state index contributed by atoms with van der Waals surface area (Å²) in [5.74, 6) is 0.853. The van der Waals surface area contributed by atoms with Crippen molar-refractivity contribution in [2.45, 2.75) is 69.6 Å². The molecule has 8 heteroatoms. The monoisotopic (exact) mass is 531 g/mol. The number of likely N-dealkylation sites (tertiary alicyclic amines) is 2. The highest BCUT2D eigenvalue weighted by molar-refractivity contribution is 5.86. The zero-order valence-corrected chi connectivity index (χ0v) is 23.3. The molecule has 0 amide bonds. The predicted octanol–water partition coefficient (Wildman–Crippen LogP) is 2.97. The van der Waals surface area contributed by atoms with Gasteiger partial charge in [-0.25, -0.2) is 0 Å². The molecule has 1 saturated carbocycles. The maximum absolute atomic E-state index is 10.3. The number of piperidine rings is 1. The van der Waals surface area contributed by atoms with Crippen molar-refractivity contribution in [1.82, 2.24) is 25.0 Å². The van der Waals surface area contributed by atoms with Crippen LogP contribution in [-0.4, -0.2) is 88.7 Å². The van der Waals surface area contributed by atoms with Crippen LogP contribution in [0.5, 0.6) is 5.75 Å². The van der Waals surface area contributed by atoms with Gasteiger partial charge in [-0.2, -0.15) is 0 Å². The van der Waals surface area contributed by atoms with E-state index in [2.05, 4.69) is 31.9 Å². The van der Waals surface area contributed by atoms with Crippen LogP contribution in [0.4, 0.5) is 5.82 Å². The number of fused-ring (bicyclic) bond motifs is 1. The maximum Gasteiger partial charge on any atom is 0.124 e. The number of aromatic amines is 1. The predicted molar refractivity (Wildman–Crippen MR) is 157 cm³/mol. The van der Waals surface area contributed by atoms with Crippen LogP contribution >= 0.6 is 0 Å². The smallest absolute Gasteiger partial charge is 0.124 e. The van der Waals surface area contributed by atoms with Crippen molar-refractivity contribution in [2.24, 2.45) is 11.1 Å². The molecule has 4 fully saturated rings. The quantitative estimate of drug-likeness (QED) is 0.404. The molecule has 7 N–H and O–H groups in total. The van der Waals surface area contributed by atoms with Crippen molar-refractivity contribution in [2.75, 3.05) is 51.5 Å². The lowest BCUT2D eigenvalue weighted by Crippen LogP contribution is -2.66. The highest BCUT2D eigenvalue weighted by Gasteiger charge is 2.50. The topological polar surface area (TPSA) is 110 Å². The summed E-state index contributed by atoms with van der Waals surface area (Å²) in [6, 6.07) is 9.64. The van der Waals surface area contributed by atoms with Gasteiger partial charge in [0.2, 0.25) is 0 Å². The molecule has 7 rings (SSSR count). The van der Waals surface area contributed by atoms with Gasteiger partial charge in [-0.1, -0.05) is 12.1 Å². The second-order valence-corrected chi connectivity index (χ2v) is 13.0. The van der Waals surface area contributed by atoms with Gasteiger partial charge in [0.1, 0.15) is 11.6 Å². The van der Waals surface area contributed by atoms with Gasteiger partial charge in [0.05, 0.1) is 0 Å². The van der Waals surface area contributed by atoms with Gasteiger partial charge < -0.3 is 31.8 Å². The van der Waals surface area contributed by atoms with Crippen molar-refractivity contribution >= 4 is 17.6 Å². The number of nitrogen functional groups attached to an aromatic ring is 1. The summed E-state index contributed by atoms with van der Waals surface area (Å²) in [5.41, 5.74) is 18.3. The summed E-state index contributed by atoms with van der Waals surface area (Å²) >= 11 is 0. The lowest BCUT2D eigenvalue weighted by molar-refractivity contribution is -0.0490. The van der Waals surface area contributed by atoms with Gasteiger partial charge in [0.25, 0.3) is 0 Å². The molecule has 3 saturated heterocycles. The van der Waals surface area contributed by atoms with Crippen molar-refractivity contribution in [1.29, 1.82) is 0 Å². The Hall–Kier alpha value is -2.52.